The number of nitrogens with zero attached hydrogens (tertiary/aromatic N) is 4. The van der Waals surface area contributed by atoms with Crippen LogP contribution in [-0.4, -0.2) is 44.6 Å². The molecule has 2 aromatic heterocycles. The maximum Gasteiger partial charge on any atom is 0.292 e. The van der Waals surface area contributed by atoms with E-state index in [-0.39, 0.29) is 23.0 Å². The van der Waals surface area contributed by atoms with Gasteiger partial charge in [0.25, 0.3) is 10.1 Å². The van der Waals surface area contributed by atoms with Crippen molar-refractivity contribution < 1.29 is 17.4 Å². The molecule has 0 aliphatic carbocycles. The van der Waals surface area contributed by atoms with Crippen molar-refractivity contribution in [1.29, 1.82) is 0 Å². The van der Waals surface area contributed by atoms with E-state index in [1.165, 1.54) is 22.9 Å². The smallest absolute Gasteiger partial charge is 0.292 e. The van der Waals surface area contributed by atoms with Gasteiger partial charge in [-0.05, 0) is 32.9 Å². The van der Waals surface area contributed by atoms with E-state index in [2.05, 4.69) is 10.1 Å². The molecule has 0 fully saturated rings. The molecule has 1 aliphatic heterocycles. The fourth-order valence-electron chi connectivity index (χ4n) is 2.50. The summed E-state index contributed by atoms with van der Waals surface area (Å²) in [4.78, 5) is 5.37. The largest absolute Gasteiger partial charge is 0.367 e. The number of aromatic nitrogens is 3. The maximum atomic E-state index is 14.3. The minimum absolute atomic E-state index is 0.0207. The number of fused-ring (bicyclic) bond motifs is 1. The highest BCUT2D eigenvalue weighted by Crippen LogP contribution is 2.30. The Hall–Kier alpha value is -2.46. The predicted octanol–water partition coefficient (Wildman–Crippen LogP) is 1.68. The third kappa shape index (κ3) is 3.35. The van der Waals surface area contributed by atoms with Crippen molar-refractivity contribution in [3.8, 4) is 0 Å². The number of hydrogen-bond acceptors (Lipinski definition) is 6. The molecule has 25 heavy (non-hydrogen) atoms. The van der Waals surface area contributed by atoms with Crippen LogP contribution in [0.2, 0.25) is 0 Å². The van der Waals surface area contributed by atoms with Crippen LogP contribution in [0, 0.1) is 5.82 Å². The number of anilines is 1. The zero-order valence-corrected chi connectivity index (χ0v) is 14.7. The van der Waals surface area contributed by atoms with Crippen molar-refractivity contribution in [2.75, 3.05) is 12.3 Å². The zero-order chi connectivity index (χ0) is 18.6. The minimum atomic E-state index is -4.38. The summed E-state index contributed by atoms with van der Waals surface area (Å²) >= 11 is 0. The first kappa shape index (κ1) is 17.4. The van der Waals surface area contributed by atoms with Gasteiger partial charge in [-0.25, -0.2) is 8.91 Å². The monoisotopic (exact) mass is 367 g/mol. The molecule has 0 radical (unpaired) electrons. The topological polar surface area (TPSA) is 114 Å². The van der Waals surface area contributed by atoms with Crippen molar-refractivity contribution in [2.45, 2.75) is 26.3 Å². The van der Waals surface area contributed by atoms with Gasteiger partial charge in [0.15, 0.2) is 11.5 Å². The summed E-state index contributed by atoms with van der Waals surface area (Å²) in [5.74, 6) is -0.712. The number of nitrogen functional groups attached to an aromatic ring is 1. The van der Waals surface area contributed by atoms with Crippen molar-refractivity contribution in [1.82, 2.24) is 19.5 Å². The third-order valence-corrected chi connectivity index (χ3v) is 4.78. The number of halogens is 1. The van der Waals surface area contributed by atoms with E-state index in [4.69, 9.17) is 5.73 Å². The highest BCUT2D eigenvalue weighted by molar-refractivity contribution is 7.89. The summed E-state index contributed by atoms with van der Waals surface area (Å²) in [5, 5.41) is 3.88. The molecule has 0 spiro atoms. The highest BCUT2D eigenvalue weighted by atomic mass is 32.2. The van der Waals surface area contributed by atoms with Crippen LogP contribution in [0.25, 0.3) is 11.2 Å². The minimum Gasteiger partial charge on any atom is -0.367 e. The standard InChI is InChI=1S/C15H18FN5O3S/c1-15(2,3)20-6-9(4-11(8-20)25(22,23)24)10-5-12(16)13-18-14(17)19-21(13)7-10/h4-7H,8H2,1-3H3,(H2,17,19)(H,22,23,24). The molecule has 0 unspecified atom stereocenters. The first-order valence-corrected chi connectivity index (χ1v) is 8.87. The Morgan fingerprint density at radius 2 is 2.04 bits per heavy atom. The Labute approximate surface area is 144 Å². The first-order chi connectivity index (χ1) is 11.4. The van der Waals surface area contributed by atoms with Crippen LogP contribution in [-0.2, 0) is 10.1 Å². The van der Waals surface area contributed by atoms with E-state index in [0.717, 1.165) is 0 Å². The Bertz CT molecular complexity index is 1020. The SMILES string of the molecule is CC(C)(C)N1C=C(c2cc(F)c3nc(N)nn3c2)C=C(S(=O)(=O)O)C1. The summed E-state index contributed by atoms with van der Waals surface area (Å²) in [6, 6.07) is 1.22. The van der Waals surface area contributed by atoms with Gasteiger partial charge in [-0.15, -0.1) is 5.10 Å². The Balaban J connectivity index is 2.18. The summed E-state index contributed by atoms with van der Waals surface area (Å²) in [6.07, 6.45) is 4.53. The van der Waals surface area contributed by atoms with Gasteiger partial charge in [-0.1, -0.05) is 0 Å². The normalized spacial score (nSPS) is 16.1. The van der Waals surface area contributed by atoms with Gasteiger partial charge in [0.2, 0.25) is 5.95 Å². The van der Waals surface area contributed by atoms with Gasteiger partial charge in [0.05, 0.1) is 11.4 Å². The zero-order valence-electron chi connectivity index (χ0n) is 13.9. The Morgan fingerprint density at radius 3 is 2.64 bits per heavy atom. The van der Waals surface area contributed by atoms with Crippen LogP contribution in [0.5, 0.6) is 0 Å². The molecule has 0 atom stereocenters. The first-order valence-electron chi connectivity index (χ1n) is 7.43. The molecule has 3 heterocycles. The van der Waals surface area contributed by atoms with Gasteiger partial charge in [0.1, 0.15) is 0 Å². The predicted molar refractivity (Wildman–Crippen MR) is 91.4 cm³/mol. The van der Waals surface area contributed by atoms with Crippen molar-refractivity contribution in [2.24, 2.45) is 0 Å². The van der Waals surface area contributed by atoms with E-state index in [1.807, 2.05) is 20.8 Å². The van der Waals surface area contributed by atoms with Crippen molar-refractivity contribution >= 4 is 27.3 Å². The Morgan fingerprint density at radius 1 is 1.36 bits per heavy atom. The molecule has 0 bridgehead atoms. The molecular formula is C15H18FN5O3S. The van der Waals surface area contributed by atoms with Crippen LogP contribution >= 0.6 is 0 Å². The number of nitrogens with two attached hydrogens (primary N) is 1. The third-order valence-electron chi connectivity index (χ3n) is 3.87. The lowest BCUT2D eigenvalue weighted by molar-refractivity contribution is 0.223. The second-order valence-corrected chi connectivity index (χ2v) is 8.26. The molecule has 134 valence electrons. The molecule has 3 N–H and O–H groups in total. The molecule has 0 saturated carbocycles. The summed E-state index contributed by atoms with van der Waals surface area (Å²) in [7, 11) is -4.38. The fourth-order valence-corrected chi connectivity index (χ4v) is 3.08. The van der Waals surface area contributed by atoms with Gasteiger partial charge < -0.3 is 10.6 Å². The average molecular weight is 367 g/mol. The van der Waals surface area contributed by atoms with Gasteiger partial charge in [0, 0.05) is 29.1 Å². The molecule has 10 heteroatoms. The molecule has 3 rings (SSSR count). The molecule has 8 nitrogen and oxygen atoms in total. The number of allylic oxidation sites excluding steroid dienone is 2. The lowest BCUT2D eigenvalue weighted by Gasteiger charge is -2.37. The van der Waals surface area contributed by atoms with Gasteiger partial charge in [-0.2, -0.15) is 13.4 Å². The lowest BCUT2D eigenvalue weighted by Crippen LogP contribution is -2.40. The van der Waals surface area contributed by atoms with Gasteiger partial charge >= 0.3 is 0 Å². The van der Waals surface area contributed by atoms with E-state index in [9.17, 15) is 17.4 Å². The summed E-state index contributed by atoms with van der Waals surface area (Å²) < 4.78 is 48.2. The quantitative estimate of drug-likeness (QED) is 0.776. The fraction of sp³-hybridized carbons (Fsp3) is 0.333. The number of pyridine rings is 1. The number of rotatable bonds is 2. The maximum absolute atomic E-state index is 14.3. The molecule has 2 aromatic rings. The van der Waals surface area contributed by atoms with E-state index >= 15 is 0 Å². The second kappa shape index (κ2) is 5.53. The molecule has 1 aliphatic rings. The van der Waals surface area contributed by atoms with Crippen LogP contribution in [0.3, 0.4) is 0 Å². The number of hydrogen-bond donors (Lipinski definition) is 2. The van der Waals surface area contributed by atoms with Gasteiger partial charge in [-0.3, -0.25) is 4.55 Å². The highest BCUT2D eigenvalue weighted by Gasteiger charge is 2.28. The average Bonchev–Trinajstić information content (AvgIpc) is 2.86. The molecule has 0 aromatic carbocycles. The van der Waals surface area contributed by atoms with Crippen LogP contribution < -0.4 is 5.73 Å². The second-order valence-electron chi connectivity index (χ2n) is 6.78. The lowest BCUT2D eigenvalue weighted by atomic mass is 10.0. The van der Waals surface area contributed by atoms with Crippen LogP contribution in [0.15, 0.2) is 29.4 Å². The Kier molecular flexibility index (Phi) is 3.84. The van der Waals surface area contributed by atoms with E-state index < -0.39 is 21.5 Å². The van der Waals surface area contributed by atoms with Crippen LogP contribution in [0.4, 0.5) is 10.3 Å². The van der Waals surface area contributed by atoms with Crippen molar-refractivity contribution in [3.05, 3.63) is 40.8 Å². The summed E-state index contributed by atoms with van der Waals surface area (Å²) in [5.41, 5.74) is 5.86. The van der Waals surface area contributed by atoms with E-state index in [1.54, 1.807) is 11.1 Å². The molecule has 0 saturated heterocycles. The molecule has 0 amide bonds. The summed E-state index contributed by atoms with van der Waals surface area (Å²) in [6.45, 7) is 5.72. The van der Waals surface area contributed by atoms with Crippen molar-refractivity contribution in [3.63, 3.8) is 0 Å². The van der Waals surface area contributed by atoms with Crippen LogP contribution in [0.1, 0.15) is 26.3 Å². The van der Waals surface area contributed by atoms with E-state index in [0.29, 0.717) is 11.1 Å². The molecular weight excluding hydrogens is 349 g/mol.